The van der Waals surface area contributed by atoms with Gasteiger partial charge in [0.15, 0.2) is 5.69 Å². The van der Waals surface area contributed by atoms with Gasteiger partial charge in [0.25, 0.3) is 0 Å². The standard InChI is InChI=1S/C6H5ClN2O3/c1-12-6(11)5-3(7)2-4(10)8-9-5/h2H,1H3,(H,8,10). The first-order valence-electron chi connectivity index (χ1n) is 2.95. The fourth-order valence-corrected chi connectivity index (χ4v) is 0.807. The lowest BCUT2D eigenvalue weighted by Crippen LogP contribution is -2.06. The Labute approximate surface area is 72.9 Å². The summed E-state index contributed by atoms with van der Waals surface area (Å²) < 4.78 is 4.35. The van der Waals surface area contributed by atoms with Crippen molar-refractivity contribution in [3.63, 3.8) is 0 Å². The average Bonchev–Trinajstić information content (AvgIpc) is 2.03. The van der Waals surface area contributed by atoms with Gasteiger partial charge < -0.3 is 9.84 Å². The van der Waals surface area contributed by atoms with Crippen LogP contribution in [0, 0.1) is 0 Å². The summed E-state index contributed by atoms with van der Waals surface area (Å²) in [7, 11) is 1.20. The summed E-state index contributed by atoms with van der Waals surface area (Å²) in [6, 6.07) is 1.11. The minimum atomic E-state index is -0.687. The Morgan fingerprint density at radius 2 is 2.33 bits per heavy atom. The molecule has 1 N–H and O–H groups in total. The van der Waals surface area contributed by atoms with Crippen molar-refractivity contribution >= 4 is 17.6 Å². The Balaban J connectivity index is 3.09. The van der Waals surface area contributed by atoms with Crippen molar-refractivity contribution in [3.05, 3.63) is 16.8 Å². The highest BCUT2D eigenvalue weighted by molar-refractivity contribution is 6.33. The third-order valence-corrected chi connectivity index (χ3v) is 1.40. The summed E-state index contributed by atoms with van der Waals surface area (Å²) in [6.07, 6.45) is 0. The Kier molecular flexibility index (Phi) is 2.44. The zero-order valence-electron chi connectivity index (χ0n) is 6.11. The Morgan fingerprint density at radius 1 is 1.67 bits per heavy atom. The van der Waals surface area contributed by atoms with E-state index in [0.717, 1.165) is 6.07 Å². The minimum absolute atomic E-state index is 0.00866. The summed E-state index contributed by atoms with van der Waals surface area (Å²) in [4.78, 5) is 10.9. The normalized spacial score (nSPS) is 9.50. The van der Waals surface area contributed by atoms with Crippen molar-refractivity contribution in [1.29, 1.82) is 0 Å². The first-order valence-corrected chi connectivity index (χ1v) is 3.33. The van der Waals surface area contributed by atoms with Crippen LogP contribution in [0.3, 0.4) is 0 Å². The summed E-state index contributed by atoms with van der Waals surface area (Å²) >= 11 is 5.54. The maximum atomic E-state index is 10.9. The predicted octanol–water partition coefficient (Wildman–Crippen LogP) is 0.622. The molecule has 6 heteroatoms. The highest BCUT2D eigenvalue weighted by atomic mass is 35.5. The van der Waals surface area contributed by atoms with Crippen molar-refractivity contribution in [3.8, 4) is 5.88 Å². The fraction of sp³-hybridized carbons (Fsp3) is 0.167. The number of carbonyl (C=O) groups is 1. The molecule has 1 heterocycles. The van der Waals surface area contributed by atoms with Crippen LogP contribution in [-0.4, -0.2) is 28.4 Å². The molecule has 64 valence electrons. The summed E-state index contributed by atoms with van der Waals surface area (Å²) in [6.45, 7) is 0. The van der Waals surface area contributed by atoms with Crippen LogP contribution in [0.5, 0.6) is 5.88 Å². The van der Waals surface area contributed by atoms with Crippen LogP contribution in [0.25, 0.3) is 0 Å². The maximum absolute atomic E-state index is 10.9. The van der Waals surface area contributed by atoms with Crippen molar-refractivity contribution < 1.29 is 14.6 Å². The van der Waals surface area contributed by atoms with E-state index in [1.165, 1.54) is 7.11 Å². The Bertz CT molecular complexity index is 316. The predicted molar refractivity (Wildman–Crippen MR) is 40.0 cm³/mol. The third-order valence-electron chi connectivity index (χ3n) is 1.11. The van der Waals surface area contributed by atoms with Gasteiger partial charge in [-0.25, -0.2) is 4.79 Å². The molecule has 0 aliphatic rings. The van der Waals surface area contributed by atoms with E-state index in [1.807, 2.05) is 0 Å². The lowest BCUT2D eigenvalue weighted by atomic mass is 10.4. The zero-order chi connectivity index (χ0) is 9.14. The topological polar surface area (TPSA) is 72.3 Å². The van der Waals surface area contributed by atoms with Crippen LogP contribution in [0.4, 0.5) is 0 Å². The molecule has 0 spiro atoms. The van der Waals surface area contributed by atoms with Gasteiger partial charge in [-0.05, 0) is 0 Å². The Morgan fingerprint density at radius 3 is 2.83 bits per heavy atom. The van der Waals surface area contributed by atoms with Gasteiger partial charge in [-0.1, -0.05) is 11.6 Å². The van der Waals surface area contributed by atoms with Crippen molar-refractivity contribution in [2.45, 2.75) is 0 Å². The molecular weight excluding hydrogens is 184 g/mol. The lowest BCUT2D eigenvalue weighted by molar-refractivity contribution is 0.0592. The number of rotatable bonds is 1. The number of hydrogen-bond acceptors (Lipinski definition) is 5. The number of nitrogens with zero attached hydrogens (tertiary/aromatic N) is 2. The quantitative estimate of drug-likeness (QED) is 0.655. The first-order chi connectivity index (χ1) is 5.65. The summed E-state index contributed by atoms with van der Waals surface area (Å²) in [5.74, 6) is -1.03. The van der Waals surface area contributed by atoms with Crippen LogP contribution in [0.1, 0.15) is 10.5 Å². The van der Waals surface area contributed by atoms with Crippen LogP contribution in [0.15, 0.2) is 6.07 Å². The molecule has 0 amide bonds. The van der Waals surface area contributed by atoms with E-state index in [4.69, 9.17) is 16.7 Å². The van der Waals surface area contributed by atoms with E-state index in [1.54, 1.807) is 0 Å². The molecule has 0 saturated carbocycles. The van der Waals surface area contributed by atoms with Gasteiger partial charge in [0, 0.05) is 6.07 Å². The number of carbonyl (C=O) groups excluding carboxylic acids is 1. The van der Waals surface area contributed by atoms with E-state index in [2.05, 4.69) is 14.9 Å². The number of aromatic hydroxyl groups is 1. The molecule has 1 rings (SSSR count). The van der Waals surface area contributed by atoms with Gasteiger partial charge in [0.1, 0.15) is 0 Å². The molecule has 0 atom stereocenters. The van der Waals surface area contributed by atoms with E-state index in [9.17, 15) is 4.79 Å². The number of methoxy groups -OCH3 is 1. The molecule has 0 aromatic carbocycles. The number of halogens is 1. The number of aromatic nitrogens is 2. The number of hydrogen-bond donors (Lipinski definition) is 1. The molecule has 0 bridgehead atoms. The highest BCUT2D eigenvalue weighted by Gasteiger charge is 2.13. The van der Waals surface area contributed by atoms with Crippen molar-refractivity contribution in [2.24, 2.45) is 0 Å². The van der Waals surface area contributed by atoms with E-state index >= 15 is 0 Å². The van der Waals surface area contributed by atoms with Gasteiger partial charge in [-0.2, -0.15) is 0 Å². The molecule has 1 aromatic rings. The second kappa shape index (κ2) is 3.36. The van der Waals surface area contributed by atoms with Crippen molar-refractivity contribution in [1.82, 2.24) is 10.2 Å². The molecule has 0 radical (unpaired) electrons. The van der Waals surface area contributed by atoms with Crippen LogP contribution < -0.4 is 0 Å². The Hall–Kier alpha value is -1.36. The molecule has 0 unspecified atom stereocenters. The van der Waals surface area contributed by atoms with Gasteiger partial charge in [-0.3, -0.25) is 0 Å². The minimum Gasteiger partial charge on any atom is -0.492 e. The van der Waals surface area contributed by atoms with E-state index in [-0.39, 0.29) is 16.6 Å². The fourth-order valence-electron chi connectivity index (χ4n) is 0.595. The van der Waals surface area contributed by atoms with Gasteiger partial charge in [0.2, 0.25) is 5.88 Å². The second-order valence-electron chi connectivity index (χ2n) is 1.89. The third kappa shape index (κ3) is 1.62. The lowest BCUT2D eigenvalue weighted by Gasteiger charge is -1.98. The number of esters is 1. The van der Waals surface area contributed by atoms with E-state index < -0.39 is 5.97 Å². The number of ether oxygens (including phenoxy) is 1. The molecule has 5 nitrogen and oxygen atoms in total. The second-order valence-corrected chi connectivity index (χ2v) is 2.30. The van der Waals surface area contributed by atoms with Gasteiger partial charge >= 0.3 is 5.97 Å². The smallest absolute Gasteiger partial charge is 0.360 e. The van der Waals surface area contributed by atoms with Crippen LogP contribution >= 0.6 is 11.6 Å². The largest absolute Gasteiger partial charge is 0.492 e. The van der Waals surface area contributed by atoms with E-state index in [0.29, 0.717) is 0 Å². The van der Waals surface area contributed by atoms with Gasteiger partial charge in [-0.15, -0.1) is 10.2 Å². The maximum Gasteiger partial charge on any atom is 0.360 e. The zero-order valence-corrected chi connectivity index (χ0v) is 6.87. The van der Waals surface area contributed by atoms with Crippen LogP contribution in [-0.2, 0) is 4.74 Å². The molecule has 12 heavy (non-hydrogen) atoms. The van der Waals surface area contributed by atoms with Crippen LogP contribution in [0.2, 0.25) is 5.02 Å². The average molecular weight is 189 g/mol. The molecule has 0 aliphatic heterocycles. The SMILES string of the molecule is COC(=O)c1nnc(O)cc1Cl. The molecule has 0 fully saturated rings. The molecular formula is C6H5ClN2O3. The van der Waals surface area contributed by atoms with Crippen molar-refractivity contribution in [2.75, 3.05) is 7.11 Å². The first kappa shape index (κ1) is 8.73. The molecule has 0 aliphatic carbocycles. The monoisotopic (exact) mass is 188 g/mol. The summed E-state index contributed by atoms with van der Waals surface area (Å²) in [5.41, 5.74) is -0.114. The molecule has 0 saturated heterocycles. The summed E-state index contributed by atoms with van der Waals surface area (Å²) in [5, 5.41) is 15.4. The van der Waals surface area contributed by atoms with Gasteiger partial charge in [0.05, 0.1) is 12.1 Å². The molecule has 1 aromatic heterocycles. The highest BCUT2D eigenvalue weighted by Crippen LogP contribution is 2.16.